The summed E-state index contributed by atoms with van der Waals surface area (Å²) in [4.78, 5) is 22.9. The van der Waals surface area contributed by atoms with Crippen LogP contribution in [-0.4, -0.2) is 22.1 Å². The highest BCUT2D eigenvalue weighted by molar-refractivity contribution is 14.1. The van der Waals surface area contributed by atoms with Crippen LogP contribution in [0.25, 0.3) is 0 Å². The Balaban J connectivity index is 2.23. The molecule has 1 aromatic heterocycles. The molecule has 0 fully saturated rings. The molecular formula is C12H8INO4S. The van der Waals surface area contributed by atoms with Crippen molar-refractivity contribution >= 4 is 51.5 Å². The van der Waals surface area contributed by atoms with Crippen LogP contribution in [0, 0.1) is 3.57 Å². The molecule has 1 amide bonds. The van der Waals surface area contributed by atoms with Crippen molar-refractivity contribution in [2.24, 2.45) is 0 Å². The molecule has 5 nitrogen and oxygen atoms in total. The van der Waals surface area contributed by atoms with Gasteiger partial charge in [0.2, 0.25) is 0 Å². The smallest absolute Gasteiger partial charge is 0.348 e. The standard InChI is InChI=1S/C12H8INO4S/c13-7-2-1-6(5-9(7)15)11(16)14-8-3-4-19-10(8)12(17)18/h1-5,15H,(H,14,16)(H,17,18). The summed E-state index contributed by atoms with van der Waals surface area (Å²) >= 11 is 2.98. The first-order valence-electron chi connectivity index (χ1n) is 5.09. The van der Waals surface area contributed by atoms with Gasteiger partial charge in [-0.2, -0.15) is 0 Å². The Morgan fingerprint density at radius 1 is 1.26 bits per heavy atom. The lowest BCUT2D eigenvalue weighted by Gasteiger charge is -2.05. The van der Waals surface area contributed by atoms with E-state index in [1.807, 2.05) is 22.6 Å². The van der Waals surface area contributed by atoms with Crippen LogP contribution in [0.5, 0.6) is 5.75 Å². The fourth-order valence-electron chi connectivity index (χ4n) is 1.42. The zero-order valence-corrected chi connectivity index (χ0v) is 12.4. The molecule has 0 radical (unpaired) electrons. The Morgan fingerprint density at radius 2 is 2.00 bits per heavy atom. The minimum absolute atomic E-state index is 0.0111. The highest BCUT2D eigenvalue weighted by Gasteiger charge is 2.15. The number of anilines is 1. The van der Waals surface area contributed by atoms with Crippen molar-refractivity contribution in [1.82, 2.24) is 0 Å². The van der Waals surface area contributed by atoms with Crippen molar-refractivity contribution in [3.63, 3.8) is 0 Å². The molecule has 0 saturated heterocycles. The third-order valence-corrected chi connectivity index (χ3v) is 4.13. The third-order valence-electron chi connectivity index (χ3n) is 2.32. The molecule has 1 aromatic carbocycles. The number of aromatic hydroxyl groups is 1. The molecule has 2 rings (SSSR count). The van der Waals surface area contributed by atoms with Crippen molar-refractivity contribution in [3.05, 3.63) is 43.7 Å². The first-order chi connectivity index (χ1) is 8.99. The molecule has 0 bridgehead atoms. The van der Waals surface area contributed by atoms with Crippen molar-refractivity contribution in [2.75, 3.05) is 5.32 Å². The Labute approximate surface area is 126 Å². The SMILES string of the molecule is O=C(Nc1ccsc1C(=O)O)c1ccc(I)c(O)c1. The van der Waals surface area contributed by atoms with Crippen molar-refractivity contribution < 1.29 is 19.8 Å². The second kappa shape index (κ2) is 5.57. The summed E-state index contributed by atoms with van der Waals surface area (Å²) in [6.45, 7) is 0. The minimum atomic E-state index is -1.09. The molecule has 0 aliphatic carbocycles. The maximum atomic E-state index is 11.9. The summed E-state index contributed by atoms with van der Waals surface area (Å²) in [7, 11) is 0. The fraction of sp³-hybridized carbons (Fsp3) is 0. The third kappa shape index (κ3) is 3.04. The average molecular weight is 389 g/mol. The first kappa shape index (κ1) is 13.8. The van der Waals surface area contributed by atoms with Crippen molar-refractivity contribution in [2.45, 2.75) is 0 Å². The van der Waals surface area contributed by atoms with Gasteiger partial charge < -0.3 is 15.5 Å². The van der Waals surface area contributed by atoms with Crippen LogP contribution in [0.4, 0.5) is 5.69 Å². The van der Waals surface area contributed by atoms with Gasteiger partial charge in [-0.3, -0.25) is 4.79 Å². The number of aromatic carboxylic acids is 1. The number of benzene rings is 1. The first-order valence-corrected chi connectivity index (χ1v) is 7.05. The van der Waals surface area contributed by atoms with E-state index in [0.29, 0.717) is 3.57 Å². The molecule has 19 heavy (non-hydrogen) atoms. The van der Waals surface area contributed by atoms with Crippen molar-refractivity contribution in [1.29, 1.82) is 0 Å². The monoisotopic (exact) mass is 389 g/mol. The van der Waals surface area contributed by atoms with Crippen LogP contribution >= 0.6 is 33.9 Å². The Bertz CT molecular complexity index is 653. The zero-order chi connectivity index (χ0) is 14.0. The molecule has 0 unspecified atom stereocenters. The van der Waals surface area contributed by atoms with Gasteiger partial charge in [0.1, 0.15) is 10.6 Å². The molecule has 0 aliphatic rings. The quantitative estimate of drug-likeness (QED) is 0.705. The predicted molar refractivity (Wildman–Crippen MR) is 80.1 cm³/mol. The fourth-order valence-corrected chi connectivity index (χ4v) is 2.44. The second-order valence-electron chi connectivity index (χ2n) is 3.59. The molecule has 98 valence electrons. The van der Waals surface area contributed by atoms with E-state index in [1.54, 1.807) is 17.5 Å². The summed E-state index contributed by atoms with van der Waals surface area (Å²) in [6, 6.07) is 6.03. The van der Waals surface area contributed by atoms with Gasteiger partial charge in [0.15, 0.2) is 0 Å². The van der Waals surface area contributed by atoms with Crippen LogP contribution in [0.1, 0.15) is 20.0 Å². The van der Waals surface area contributed by atoms with E-state index in [1.165, 1.54) is 12.1 Å². The number of amides is 1. The summed E-state index contributed by atoms with van der Waals surface area (Å²) in [6.07, 6.45) is 0. The number of carboxylic acid groups (broad SMARTS) is 1. The Hall–Kier alpha value is -1.61. The predicted octanol–water partition coefficient (Wildman–Crippen LogP) is 3.01. The maximum absolute atomic E-state index is 11.9. The highest BCUT2D eigenvalue weighted by Crippen LogP contribution is 2.24. The van der Waals surface area contributed by atoms with Crippen molar-refractivity contribution in [3.8, 4) is 5.75 Å². The van der Waals surface area contributed by atoms with Crippen LogP contribution in [0.2, 0.25) is 0 Å². The molecule has 0 atom stereocenters. The molecule has 0 saturated carbocycles. The van der Waals surface area contributed by atoms with E-state index < -0.39 is 11.9 Å². The summed E-state index contributed by atoms with van der Waals surface area (Å²) in [5.41, 5.74) is 0.515. The van der Waals surface area contributed by atoms with Gasteiger partial charge in [-0.15, -0.1) is 11.3 Å². The number of carbonyl (C=O) groups is 2. The summed E-state index contributed by atoms with van der Waals surface area (Å²) in [5, 5.41) is 22.6. The zero-order valence-electron chi connectivity index (χ0n) is 9.38. The molecule has 2 aromatic rings. The number of hydrogen-bond acceptors (Lipinski definition) is 4. The minimum Gasteiger partial charge on any atom is -0.507 e. The highest BCUT2D eigenvalue weighted by atomic mass is 127. The average Bonchev–Trinajstić information content (AvgIpc) is 2.80. The maximum Gasteiger partial charge on any atom is 0.348 e. The molecular weight excluding hydrogens is 381 g/mol. The van der Waals surface area contributed by atoms with Crippen LogP contribution in [0.3, 0.4) is 0 Å². The Morgan fingerprint density at radius 3 is 2.63 bits per heavy atom. The van der Waals surface area contributed by atoms with Crippen LogP contribution in [-0.2, 0) is 0 Å². The molecule has 7 heteroatoms. The van der Waals surface area contributed by atoms with E-state index in [-0.39, 0.29) is 21.9 Å². The van der Waals surface area contributed by atoms with E-state index in [2.05, 4.69) is 5.32 Å². The number of nitrogens with one attached hydrogen (secondary N) is 1. The van der Waals surface area contributed by atoms with Gasteiger partial charge in [0.25, 0.3) is 5.91 Å². The Kier molecular flexibility index (Phi) is 4.05. The van der Waals surface area contributed by atoms with Gasteiger partial charge in [0.05, 0.1) is 9.26 Å². The lowest BCUT2D eigenvalue weighted by atomic mass is 10.2. The van der Waals surface area contributed by atoms with Gasteiger partial charge in [0, 0.05) is 5.56 Å². The van der Waals surface area contributed by atoms with Gasteiger partial charge in [-0.1, -0.05) is 0 Å². The lowest BCUT2D eigenvalue weighted by Crippen LogP contribution is -2.13. The number of halogens is 1. The van der Waals surface area contributed by atoms with Gasteiger partial charge in [-0.25, -0.2) is 4.79 Å². The number of thiophene rings is 1. The molecule has 0 spiro atoms. The number of carboxylic acids is 1. The lowest BCUT2D eigenvalue weighted by molar-refractivity contribution is 0.0703. The van der Waals surface area contributed by atoms with E-state index in [4.69, 9.17) is 5.11 Å². The molecule has 1 heterocycles. The summed E-state index contributed by atoms with van der Waals surface area (Å²) < 4.78 is 0.635. The van der Waals surface area contributed by atoms with Gasteiger partial charge in [-0.05, 0) is 52.2 Å². The number of phenolic OH excluding ortho intramolecular Hbond substituents is 1. The number of rotatable bonds is 3. The number of phenols is 1. The topological polar surface area (TPSA) is 86.6 Å². The summed E-state index contributed by atoms with van der Waals surface area (Å²) in [5.74, 6) is -1.54. The second-order valence-corrected chi connectivity index (χ2v) is 5.67. The number of carbonyl (C=O) groups excluding carboxylic acids is 1. The number of hydrogen-bond donors (Lipinski definition) is 3. The van der Waals surface area contributed by atoms with Gasteiger partial charge >= 0.3 is 5.97 Å². The van der Waals surface area contributed by atoms with E-state index in [0.717, 1.165) is 11.3 Å². The normalized spacial score (nSPS) is 10.2. The molecule has 3 N–H and O–H groups in total. The van der Waals surface area contributed by atoms with E-state index in [9.17, 15) is 14.7 Å². The largest absolute Gasteiger partial charge is 0.507 e. The van der Waals surface area contributed by atoms with E-state index >= 15 is 0 Å². The van der Waals surface area contributed by atoms with Crippen LogP contribution < -0.4 is 5.32 Å². The van der Waals surface area contributed by atoms with Crippen LogP contribution in [0.15, 0.2) is 29.6 Å². The molecule has 0 aliphatic heterocycles.